The van der Waals surface area contributed by atoms with Crippen molar-refractivity contribution < 1.29 is 22.7 Å². The molecule has 0 saturated heterocycles. The average molecular weight is 560 g/mol. The zero-order valence-corrected chi connectivity index (χ0v) is 21.7. The number of pyridine rings is 2. The number of carbonyl (C=O) groups excluding carboxylic acids is 1. The van der Waals surface area contributed by atoms with Gasteiger partial charge in [0.2, 0.25) is 0 Å². The number of halogens is 4. The lowest BCUT2D eigenvalue weighted by atomic mass is 9.86. The van der Waals surface area contributed by atoms with E-state index in [-0.39, 0.29) is 34.0 Å². The van der Waals surface area contributed by atoms with Crippen molar-refractivity contribution in [1.82, 2.24) is 24.4 Å². The van der Waals surface area contributed by atoms with Crippen LogP contribution in [0.1, 0.15) is 48.2 Å². The summed E-state index contributed by atoms with van der Waals surface area (Å²) in [6.07, 6.45) is 2.40. The minimum Gasteiger partial charge on any atom is -0.494 e. The molecular weight excluding hydrogens is 535 g/mol. The first kappa shape index (κ1) is 26.7. The molecule has 3 aromatic heterocycles. The van der Waals surface area contributed by atoms with Crippen molar-refractivity contribution >= 4 is 28.7 Å². The Morgan fingerprint density at radius 2 is 1.95 bits per heavy atom. The molecule has 3 heterocycles. The molecular formula is C27H25ClF3N5O3. The topological polar surface area (TPSA) is 91.0 Å². The number of ether oxygens (including phenoxy) is 1. The molecule has 8 nitrogen and oxygen atoms in total. The van der Waals surface area contributed by atoms with Crippen LogP contribution in [0.5, 0.6) is 5.75 Å². The number of rotatable bonds is 7. The second-order valence-electron chi connectivity index (χ2n) is 9.47. The van der Waals surface area contributed by atoms with Gasteiger partial charge in [-0.1, -0.05) is 11.6 Å². The van der Waals surface area contributed by atoms with E-state index in [0.29, 0.717) is 49.1 Å². The van der Waals surface area contributed by atoms with Gasteiger partial charge < -0.3 is 10.1 Å². The van der Waals surface area contributed by atoms with Crippen molar-refractivity contribution in [3.05, 3.63) is 81.4 Å². The van der Waals surface area contributed by atoms with Crippen LogP contribution in [-0.2, 0) is 6.54 Å². The van der Waals surface area contributed by atoms with Gasteiger partial charge in [-0.2, -0.15) is 0 Å². The molecule has 0 atom stereocenters. The molecule has 1 aliphatic carbocycles. The molecule has 12 heteroatoms. The highest BCUT2D eigenvalue weighted by Gasteiger charge is 2.27. The summed E-state index contributed by atoms with van der Waals surface area (Å²) in [7, 11) is 1.37. The highest BCUT2D eigenvalue weighted by molar-refractivity contribution is 6.30. The van der Waals surface area contributed by atoms with E-state index in [1.807, 2.05) is 0 Å². The van der Waals surface area contributed by atoms with E-state index in [1.165, 1.54) is 29.9 Å². The van der Waals surface area contributed by atoms with Gasteiger partial charge in [-0.3, -0.25) is 18.9 Å². The summed E-state index contributed by atoms with van der Waals surface area (Å²) in [5, 5.41) is 2.92. The van der Waals surface area contributed by atoms with Gasteiger partial charge in [0, 0.05) is 31.0 Å². The maximum absolute atomic E-state index is 14.4. The molecule has 0 aliphatic heterocycles. The van der Waals surface area contributed by atoms with Gasteiger partial charge in [0.15, 0.2) is 17.2 Å². The first-order valence-corrected chi connectivity index (χ1v) is 12.8. The van der Waals surface area contributed by atoms with Crippen molar-refractivity contribution in [3.8, 4) is 11.4 Å². The molecule has 1 aromatic carbocycles. The summed E-state index contributed by atoms with van der Waals surface area (Å²) < 4.78 is 49.1. The Balaban J connectivity index is 1.31. The largest absolute Gasteiger partial charge is 0.494 e. The smallest absolute Gasteiger partial charge is 0.334 e. The fraction of sp³-hybridized carbons (Fsp3) is 0.333. The van der Waals surface area contributed by atoms with Crippen LogP contribution in [0.3, 0.4) is 0 Å². The van der Waals surface area contributed by atoms with Crippen molar-refractivity contribution in [3.63, 3.8) is 0 Å². The Hall–Kier alpha value is -3.86. The number of hydrogen-bond donors (Lipinski definition) is 1. The number of aromatic nitrogens is 4. The molecule has 1 saturated carbocycles. The standard InChI is InChI=1S/C27H25ClF3N5O3/c1-39-22-9-8-18(12-20(22)29)36-21-3-2-10-32-25(21)35(27(36)38)14-15-4-6-17(7-5-15)34-26(37)19-11-16(28)13-33-23(19)24(30)31/h2-3,8-13,15,17,24H,4-7,14H2,1H3,(H,34,37)/t15-,17-. The highest BCUT2D eigenvalue weighted by atomic mass is 35.5. The van der Waals surface area contributed by atoms with Gasteiger partial charge in [-0.05, 0) is 61.9 Å². The summed E-state index contributed by atoms with van der Waals surface area (Å²) in [4.78, 5) is 34.3. The van der Waals surface area contributed by atoms with Crippen LogP contribution in [0, 0.1) is 11.7 Å². The van der Waals surface area contributed by atoms with E-state index in [9.17, 15) is 22.8 Å². The first-order chi connectivity index (χ1) is 18.8. The van der Waals surface area contributed by atoms with Gasteiger partial charge in [0.1, 0.15) is 5.69 Å². The number of carbonyl (C=O) groups is 1. The third-order valence-corrected chi connectivity index (χ3v) is 7.24. The quantitative estimate of drug-likeness (QED) is 0.331. The Bertz CT molecular complexity index is 1580. The molecule has 0 bridgehead atoms. The SMILES string of the molecule is COc1ccc(-n2c(=O)n(C[C@H]3CC[C@H](NC(=O)c4cc(Cl)cnc4C(F)F)CC3)c3ncccc32)cc1F. The molecule has 1 amide bonds. The van der Waals surface area contributed by atoms with Crippen molar-refractivity contribution in [2.75, 3.05) is 7.11 Å². The first-order valence-electron chi connectivity index (χ1n) is 12.4. The number of methoxy groups -OCH3 is 1. The van der Waals surface area contributed by atoms with Gasteiger partial charge in [0.25, 0.3) is 12.3 Å². The molecule has 0 radical (unpaired) electrons. The molecule has 1 N–H and O–H groups in total. The van der Waals surface area contributed by atoms with Crippen molar-refractivity contribution in [2.45, 2.75) is 44.7 Å². The summed E-state index contributed by atoms with van der Waals surface area (Å²) in [6.45, 7) is 0.395. The third kappa shape index (κ3) is 5.36. The number of imidazole rings is 1. The molecule has 5 rings (SSSR count). The maximum atomic E-state index is 14.4. The Morgan fingerprint density at radius 3 is 2.64 bits per heavy atom. The minimum absolute atomic E-state index is 0.0783. The number of alkyl halides is 2. The Kier molecular flexibility index (Phi) is 7.60. The number of fused-ring (bicyclic) bond motifs is 1. The predicted octanol–water partition coefficient (Wildman–Crippen LogP) is 5.31. The van der Waals surface area contributed by atoms with E-state index in [2.05, 4.69) is 15.3 Å². The molecule has 0 unspecified atom stereocenters. The van der Waals surface area contributed by atoms with Gasteiger partial charge in [-0.25, -0.2) is 22.9 Å². The molecule has 1 aliphatic rings. The van der Waals surface area contributed by atoms with Crippen molar-refractivity contribution in [2.24, 2.45) is 5.92 Å². The predicted molar refractivity (Wildman–Crippen MR) is 139 cm³/mol. The maximum Gasteiger partial charge on any atom is 0.334 e. The van der Waals surface area contributed by atoms with Crippen LogP contribution < -0.4 is 15.7 Å². The van der Waals surface area contributed by atoms with Crippen molar-refractivity contribution in [1.29, 1.82) is 0 Å². The van der Waals surface area contributed by atoms with E-state index >= 15 is 0 Å². The van der Waals surface area contributed by atoms with Gasteiger partial charge in [-0.15, -0.1) is 0 Å². The number of nitrogens with one attached hydrogen (secondary N) is 1. The fourth-order valence-corrected chi connectivity index (χ4v) is 5.27. The monoisotopic (exact) mass is 559 g/mol. The van der Waals surface area contributed by atoms with Crippen LogP contribution >= 0.6 is 11.6 Å². The van der Waals surface area contributed by atoms with Crippen LogP contribution in [0.2, 0.25) is 5.02 Å². The molecule has 204 valence electrons. The Labute approximate surface area is 226 Å². The second kappa shape index (κ2) is 11.1. The summed E-state index contributed by atoms with van der Waals surface area (Å²) in [6, 6.07) is 8.79. The Morgan fingerprint density at radius 1 is 1.18 bits per heavy atom. The van der Waals surface area contributed by atoms with E-state index in [4.69, 9.17) is 16.3 Å². The zero-order chi connectivity index (χ0) is 27.7. The second-order valence-corrected chi connectivity index (χ2v) is 9.91. The minimum atomic E-state index is -2.90. The number of hydrogen-bond acceptors (Lipinski definition) is 5. The normalized spacial score (nSPS) is 17.5. The van der Waals surface area contributed by atoms with E-state index < -0.39 is 23.8 Å². The lowest BCUT2D eigenvalue weighted by Gasteiger charge is -2.29. The number of nitrogens with zero attached hydrogens (tertiary/aromatic N) is 4. The average Bonchev–Trinajstić information content (AvgIpc) is 3.20. The van der Waals surface area contributed by atoms with Gasteiger partial charge >= 0.3 is 5.69 Å². The van der Waals surface area contributed by atoms with Gasteiger partial charge in [0.05, 0.1) is 28.9 Å². The molecule has 0 spiro atoms. The van der Waals surface area contributed by atoms with Crippen LogP contribution in [0.4, 0.5) is 13.2 Å². The molecule has 1 fully saturated rings. The lowest BCUT2D eigenvalue weighted by Crippen LogP contribution is -2.39. The van der Waals surface area contributed by atoms with E-state index in [0.717, 1.165) is 6.20 Å². The number of benzene rings is 1. The third-order valence-electron chi connectivity index (χ3n) is 7.04. The summed E-state index contributed by atoms with van der Waals surface area (Å²) >= 11 is 5.87. The fourth-order valence-electron chi connectivity index (χ4n) is 5.11. The molecule has 39 heavy (non-hydrogen) atoms. The van der Waals surface area contributed by atoms with Crippen LogP contribution in [0.15, 0.2) is 53.6 Å². The lowest BCUT2D eigenvalue weighted by molar-refractivity contribution is 0.0904. The summed E-state index contributed by atoms with van der Waals surface area (Å²) in [5.41, 5.74) is 0.225. The van der Waals surface area contributed by atoms with Crippen LogP contribution in [0.25, 0.3) is 16.9 Å². The summed E-state index contributed by atoms with van der Waals surface area (Å²) in [5.74, 6) is -1.02. The number of amides is 1. The highest BCUT2D eigenvalue weighted by Crippen LogP contribution is 2.29. The van der Waals surface area contributed by atoms with Crippen LogP contribution in [-0.4, -0.2) is 38.2 Å². The zero-order valence-electron chi connectivity index (χ0n) is 20.9. The van der Waals surface area contributed by atoms with E-state index in [1.54, 1.807) is 29.0 Å². The molecule has 4 aromatic rings.